The van der Waals surface area contributed by atoms with E-state index in [0.717, 1.165) is 12.1 Å². The molecule has 8 heteroatoms. The predicted octanol–water partition coefficient (Wildman–Crippen LogP) is 1.54. The molecule has 0 radical (unpaired) electrons. The summed E-state index contributed by atoms with van der Waals surface area (Å²) < 4.78 is 45.4. The normalized spacial score (nSPS) is 18.8. The summed E-state index contributed by atoms with van der Waals surface area (Å²) >= 11 is 0. The molecule has 0 unspecified atom stereocenters. The molecule has 1 aromatic rings. The van der Waals surface area contributed by atoms with E-state index in [-0.39, 0.29) is 29.6 Å². The van der Waals surface area contributed by atoms with E-state index in [9.17, 15) is 17.6 Å². The largest absolute Gasteiger partial charge is 0.495 e. The lowest BCUT2D eigenvalue weighted by Crippen LogP contribution is -2.45. The molecule has 1 saturated heterocycles. The molecule has 132 valence electrons. The van der Waals surface area contributed by atoms with Crippen molar-refractivity contribution in [3.05, 3.63) is 36.7 Å². The van der Waals surface area contributed by atoms with Crippen LogP contribution in [0.15, 0.2) is 35.7 Å². The summed E-state index contributed by atoms with van der Waals surface area (Å²) in [5.74, 6) is -1.23. The summed E-state index contributed by atoms with van der Waals surface area (Å²) in [5.41, 5.74) is 0. The number of methoxy groups -OCH3 is 1. The predicted molar refractivity (Wildman–Crippen MR) is 87.6 cm³/mol. The van der Waals surface area contributed by atoms with Crippen LogP contribution in [-0.4, -0.2) is 45.4 Å². The van der Waals surface area contributed by atoms with Crippen molar-refractivity contribution in [2.24, 2.45) is 5.92 Å². The molecule has 0 aromatic heterocycles. The van der Waals surface area contributed by atoms with Crippen LogP contribution in [0.3, 0.4) is 0 Å². The molecular weight excluding hydrogens is 335 g/mol. The van der Waals surface area contributed by atoms with Gasteiger partial charge in [0, 0.05) is 19.6 Å². The first-order valence-corrected chi connectivity index (χ1v) is 9.06. The minimum absolute atomic E-state index is 0.0605. The van der Waals surface area contributed by atoms with Gasteiger partial charge in [-0.1, -0.05) is 6.08 Å². The van der Waals surface area contributed by atoms with E-state index < -0.39 is 21.8 Å². The molecule has 1 aliphatic heterocycles. The summed E-state index contributed by atoms with van der Waals surface area (Å²) in [6, 6.07) is 3.36. The third-order valence-corrected chi connectivity index (χ3v) is 5.81. The molecule has 1 fully saturated rings. The van der Waals surface area contributed by atoms with Crippen LogP contribution in [0.1, 0.15) is 12.8 Å². The maximum Gasteiger partial charge on any atom is 0.246 e. The van der Waals surface area contributed by atoms with Crippen LogP contribution in [0.25, 0.3) is 0 Å². The third-order valence-electron chi connectivity index (χ3n) is 3.92. The van der Waals surface area contributed by atoms with Crippen LogP contribution in [-0.2, 0) is 14.8 Å². The van der Waals surface area contributed by atoms with Gasteiger partial charge in [-0.25, -0.2) is 12.8 Å². The topological polar surface area (TPSA) is 75.7 Å². The van der Waals surface area contributed by atoms with Crippen LogP contribution in [0, 0.1) is 11.7 Å². The highest BCUT2D eigenvalue weighted by Gasteiger charge is 2.34. The van der Waals surface area contributed by atoms with Gasteiger partial charge in [-0.05, 0) is 31.0 Å². The third kappa shape index (κ3) is 3.93. The smallest absolute Gasteiger partial charge is 0.246 e. The van der Waals surface area contributed by atoms with Crippen LogP contribution in [0.4, 0.5) is 4.39 Å². The van der Waals surface area contributed by atoms with Crippen molar-refractivity contribution in [1.29, 1.82) is 0 Å². The lowest BCUT2D eigenvalue weighted by molar-refractivity contribution is -0.125. The SMILES string of the molecule is C=CCNC(=O)[C@H]1CCCN(S(=O)(=O)c2cc(F)ccc2OC)C1. The number of hydrogen-bond donors (Lipinski definition) is 1. The summed E-state index contributed by atoms with van der Waals surface area (Å²) in [6.07, 6.45) is 2.73. The summed E-state index contributed by atoms with van der Waals surface area (Å²) in [6.45, 7) is 4.21. The van der Waals surface area contributed by atoms with Crippen LogP contribution >= 0.6 is 0 Å². The number of nitrogens with zero attached hydrogens (tertiary/aromatic N) is 1. The zero-order valence-electron chi connectivity index (χ0n) is 13.5. The van der Waals surface area contributed by atoms with Gasteiger partial charge in [-0.2, -0.15) is 4.31 Å². The first-order valence-electron chi connectivity index (χ1n) is 7.62. The van der Waals surface area contributed by atoms with Gasteiger partial charge in [0.2, 0.25) is 15.9 Å². The lowest BCUT2D eigenvalue weighted by atomic mass is 9.99. The second-order valence-corrected chi connectivity index (χ2v) is 7.44. The summed E-state index contributed by atoms with van der Waals surface area (Å²) in [7, 11) is -2.62. The fourth-order valence-electron chi connectivity index (χ4n) is 2.68. The van der Waals surface area contributed by atoms with E-state index in [1.54, 1.807) is 6.08 Å². The van der Waals surface area contributed by atoms with E-state index in [1.165, 1.54) is 17.5 Å². The average molecular weight is 356 g/mol. The number of piperidine rings is 1. The Morgan fingerprint density at radius 3 is 2.96 bits per heavy atom. The minimum atomic E-state index is -3.95. The average Bonchev–Trinajstić information content (AvgIpc) is 2.59. The Kier molecular flexibility index (Phi) is 5.95. The van der Waals surface area contributed by atoms with Crippen molar-refractivity contribution in [1.82, 2.24) is 9.62 Å². The Labute approximate surface area is 141 Å². The first kappa shape index (κ1) is 18.4. The molecule has 1 amide bonds. The molecule has 6 nitrogen and oxygen atoms in total. The number of sulfonamides is 1. The zero-order valence-corrected chi connectivity index (χ0v) is 14.3. The van der Waals surface area contributed by atoms with Gasteiger partial charge in [-0.15, -0.1) is 6.58 Å². The second-order valence-electron chi connectivity index (χ2n) is 5.53. The Morgan fingerprint density at radius 2 is 2.29 bits per heavy atom. The fraction of sp³-hybridized carbons (Fsp3) is 0.438. The van der Waals surface area contributed by atoms with E-state index in [1.807, 2.05) is 0 Å². The highest BCUT2D eigenvalue weighted by Crippen LogP contribution is 2.30. The molecule has 1 N–H and O–H groups in total. The number of carbonyl (C=O) groups is 1. The molecule has 1 atom stereocenters. The Bertz CT molecular complexity index is 721. The van der Waals surface area contributed by atoms with Crippen molar-refractivity contribution < 1.29 is 22.3 Å². The standard InChI is InChI=1S/C16H21FN2O4S/c1-3-8-18-16(20)12-5-4-9-19(11-12)24(21,22)15-10-13(17)6-7-14(15)23-2/h3,6-7,10,12H,1,4-5,8-9,11H2,2H3,(H,18,20)/t12-/m0/s1. The Morgan fingerprint density at radius 1 is 1.54 bits per heavy atom. The Hall–Kier alpha value is -1.93. The second kappa shape index (κ2) is 7.76. The van der Waals surface area contributed by atoms with Crippen molar-refractivity contribution in [2.75, 3.05) is 26.7 Å². The molecular formula is C16H21FN2O4S. The maximum atomic E-state index is 13.5. The summed E-state index contributed by atoms with van der Waals surface area (Å²) in [4.78, 5) is 11.9. The monoisotopic (exact) mass is 356 g/mol. The number of carbonyl (C=O) groups excluding carboxylic acids is 1. The molecule has 24 heavy (non-hydrogen) atoms. The van der Waals surface area contributed by atoms with Gasteiger partial charge in [0.15, 0.2) is 0 Å². The zero-order chi connectivity index (χ0) is 17.7. The van der Waals surface area contributed by atoms with E-state index >= 15 is 0 Å². The number of amides is 1. The molecule has 1 heterocycles. The fourth-order valence-corrected chi connectivity index (χ4v) is 4.37. The summed E-state index contributed by atoms with van der Waals surface area (Å²) in [5, 5.41) is 2.68. The molecule has 0 aliphatic carbocycles. The van der Waals surface area contributed by atoms with Crippen molar-refractivity contribution in [3.8, 4) is 5.75 Å². The lowest BCUT2D eigenvalue weighted by Gasteiger charge is -2.31. The number of hydrogen-bond acceptors (Lipinski definition) is 4. The van der Waals surface area contributed by atoms with Crippen LogP contribution < -0.4 is 10.1 Å². The van der Waals surface area contributed by atoms with E-state index in [2.05, 4.69) is 11.9 Å². The van der Waals surface area contributed by atoms with Gasteiger partial charge < -0.3 is 10.1 Å². The number of nitrogens with one attached hydrogen (secondary N) is 1. The highest BCUT2D eigenvalue weighted by atomic mass is 32.2. The van der Waals surface area contributed by atoms with Gasteiger partial charge in [0.25, 0.3) is 0 Å². The highest BCUT2D eigenvalue weighted by molar-refractivity contribution is 7.89. The number of halogens is 1. The van der Waals surface area contributed by atoms with E-state index in [0.29, 0.717) is 19.4 Å². The van der Waals surface area contributed by atoms with Gasteiger partial charge in [-0.3, -0.25) is 4.79 Å². The Balaban J connectivity index is 2.24. The van der Waals surface area contributed by atoms with Crippen molar-refractivity contribution >= 4 is 15.9 Å². The van der Waals surface area contributed by atoms with Crippen LogP contribution in [0.5, 0.6) is 5.75 Å². The molecule has 2 rings (SSSR count). The number of benzene rings is 1. The number of rotatable bonds is 6. The van der Waals surface area contributed by atoms with Gasteiger partial charge >= 0.3 is 0 Å². The molecule has 0 bridgehead atoms. The molecule has 0 saturated carbocycles. The number of ether oxygens (including phenoxy) is 1. The maximum absolute atomic E-state index is 13.5. The van der Waals surface area contributed by atoms with Crippen LogP contribution in [0.2, 0.25) is 0 Å². The molecule has 0 spiro atoms. The van der Waals surface area contributed by atoms with Gasteiger partial charge in [0.05, 0.1) is 13.0 Å². The van der Waals surface area contributed by atoms with Gasteiger partial charge in [0.1, 0.15) is 16.5 Å². The van der Waals surface area contributed by atoms with Crippen molar-refractivity contribution in [2.45, 2.75) is 17.7 Å². The van der Waals surface area contributed by atoms with E-state index in [4.69, 9.17) is 4.74 Å². The minimum Gasteiger partial charge on any atom is -0.495 e. The first-order chi connectivity index (χ1) is 11.4. The molecule has 1 aliphatic rings. The molecule has 1 aromatic carbocycles. The van der Waals surface area contributed by atoms with Crippen molar-refractivity contribution in [3.63, 3.8) is 0 Å². The quantitative estimate of drug-likeness (QED) is 0.785.